The molecule has 0 spiro atoms. The summed E-state index contributed by atoms with van der Waals surface area (Å²) in [6.45, 7) is 4.88. The van der Waals surface area contributed by atoms with Gasteiger partial charge in [-0.1, -0.05) is 0 Å². The number of carbonyl (C=O) groups is 2. The topological polar surface area (TPSA) is 64.1 Å². The molecule has 19 heavy (non-hydrogen) atoms. The second-order valence-electron chi connectivity index (χ2n) is 5.60. The number of rotatable bonds is 3. The molecule has 0 bridgehead atoms. The van der Waals surface area contributed by atoms with Gasteiger partial charge in [-0.2, -0.15) is 0 Å². The first-order valence-corrected chi connectivity index (χ1v) is 6.97. The minimum Gasteiger partial charge on any atom is -0.480 e. The molecule has 6 heteroatoms. The SMILES string of the molecule is CN1CCN(C(=O)C2CCCN(CC(=O)O)C2)CC1. The van der Waals surface area contributed by atoms with Crippen LogP contribution < -0.4 is 0 Å². The van der Waals surface area contributed by atoms with E-state index in [9.17, 15) is 9.59 Å². The Morgan fingerprint density at radius 1 is 1.16 bits per heavy atom. The monoisotopic (exact) mass is 269 g/mol. The summed E-state index contributed by atoms with van der Waals surface area (Å²) in [5, 5.41) is 8.83. The maximum atomic E-state index is 12.4. The van der Waals surface area contributed by atoms with Crippen LogP contribution in [0.2, 0.25) is 0 Å². The van der Waals surface area contributed by atoms with E-state index in [4.69, 9.17) is 5.11 Å². The summed E-state index contributed by atoms with van der Waals surface area (Å²) in [5.74, 6) is -0.618. The summed E-state index contributed by atoms with van der Waals surface area (Å²) in [6, 6.07) is 0. The van der Waals surface area contributed by atoms with Gasteiger partial charge in [-0.15, -0.1) is 0 Å². The zero-order chi connectivity index (χ0) is 13.8. The molecule has 2 aliphatic heterocycles. The van der Waals surface area contributed by atoms with Crippen molar-refractivity contribution in [3.8, 4) is 0 Å². The van der Waals surface area contributed by atoms with Crippen LogP contribution in [-0.4, -0.2) is 84.5 Å². The Labute approximate surface area is 114 Å². The number of carbonyl (C=O) groups excluding carboxylic acids is 1. The molecule has 2 heterocycles. The zero-order valence-electron chi connectivity index (χ0n) is 11.5. The molecule has 6 nitrogen and oxygen atoms in total. The number of carboxylic acids is 1. The van der Waals surface area contributed by atoms with E-state index in [2.05, 4.69) is 11.9 Å². The van der Waals surface area contributed by atoms with Gasteiger partial charge in [-0.25, -0.2) is 0 Å². The third kappa shape index (κ3) is 3.91. The number of likely N-dealkylation sites (N-methyl/N-ethyl adjacent to an activating group) is 1. The average molecular weight is 269 g/mol. The Kier molecular flexibility index (Phi) is 4.76. The molecule has 1 unspecified atom stereocenters. The van der Waals surface area contributed by atoms with Crippen LogP contribution in [0.4, 0.5) is 0 Å². The van der Waals surface area contributed by atoms with Crippen molar-refractivity contribution in [2.24, 2.45) is 5.92 Å². The van der Waals surface area contributed by atoms with Gasteiger partial charge >= 0.3 is 5.97 Å². The number of carboxylic acid groups (broad SMARTS) is 1. The van der Waals surface area contributed by atoms with Crippen molar-refractivity contribution in [1.82, 2.24) is 14.7 Å². The van der Waals surface area contributed by atoms with Crippen molar-refractivity contribution in [2.75, 3.05) is 52.9 Å². The number of aliphatic carboxylic acids is 1. The second-order valence-corrected chi connectivity index (χ2v) is 5.60. The molecular formula is C13H23N3O3. The number of hydrogen-bond donors (Lipinski definition) is 1. The lowest BCUT2D eigenvalue weighted by atomic mass is 9.96. The van der Waals surface area contributed by atoms with Gasteiger partial charge in [0, 0.05) is 32.7 Å². The van der Waals surface area contributed by atoms with Crippen LogP contribution >= 0.6 is 0 Å². The van der Waals surface area contributed by atoms with Gasteiger partial charge in [0.1, 0.15) is 0 Å². The molecule has 0 radical (unpaired) electrons. The maximum absolute atomic E-state index is 12.4. The molecule has 2 saturated heterocycles. The molecule has 0 aromatic heterocycles. The Bertz CT molecular complexity index is 340. The number of amides is 1. The fourth-order valence-electron chi connectivity index (χ4n) is 2.88. The van der Waals surface area contributed by atoms with Gasteiger partial charge in [0.25, 0.3) is 0 Å². The lowest BCUT2D eigenvalue weighted by Gasteiger charge is -2.37. The molecule has 1 atom stereocenters. The normalized spacial score (nSPS) is 26.4. The lowest BCUT2D eigenvalue weighted by molar-refractivity contribution is -0.143. The highest BCUT2D eigenvalue weighted by Crippen LogP contribution is 2.19. The third-order valence-electron chi connectivity index (χ3n) is 4.03. The Balaban J connectivity index is 1.86. The van der Waals surface area contributed by atoms with Crippen molar-refractivity contribution >= 4 is 11.9 Å². The summed E-state index contributed by atoms with van der Waals surface area (Å²) in [6.07, 6.45) is 1.80. The molecule has 0 aliphatic carbocycles. The summed E-state index contributed by atoms with van der Waals surface area (Å²) < 4.78 is 0. The van der Waals surface area contributed by atoms with Crippen molar-refractivity contribution in [1.29, 1.82) is 0 Å². The first-order valence-electron chi connectivity index (χ1n) is 6.97. The summed E-state index contributed by atoms with van der Waals surface area (Å²) >= 11 is 0. The third-order valence-corrected chi connectivity index (χ3v) is 4.03. The van der Waals surface area contributed by atoms with Gasteiger partial charge in [0.05, 0.1) is 12.5 Å². The molecule has 108 valence electrons. The largest absolute Gasteiger partial charge is 0.480 e. The van der Waals surface area contributed by atoms with Gasteiger partial charge < -0.3 is 14.9 Å². The smallest absolute Gasteiger partial charge is 0.317 e. The predicted octanol–water partition coefficient (Wildman–Crippen LogP) is -0.443. The van der Waals surface area contributed by atoms with Crippen molar-refractivity contribution < 1.29 is 14.7 Å². The summed E-state index contributed by atoms with van der Waals surface area (Å²) in [5.41, 5.74) is 0. The van der Waals surface area contributed by atoms with Crippen LogP contribution in [0.25, 0.3) is 0 Å². The van der Waals surface area contributed by atoms with Gasteiger partial charge in [-0.05, 0) is 26.4 Å². The van der Waals surface area contributed by atoms with E-state index in [0.717, 1.165) is 45.6 Å². The average Bonchev–Trinajstić information content (AvgIpc) is 2.38. The van der Waals surface area contributed by atoms with Crippen LogP contribution in [0.15, 0.2) is 0 Å². The van der Waals surface area contributed by atoms with E-state index in [1.54, 1.807) is 0 Å². The molecule has 0 aromatic carbocycles. The van der Waals surface area contributed by atoms with Gasteiger partial charge in [-0.3, -0.25) is 14.5 Å². The minimum atomic E-state index is -0.812. The number of nitrogens with zero attached hydrogens (tertiary/aromatic N) is 3. The predicted molar refractivity (Wildman–Crippen MR) is 70.9 cm³/mol. The fourth-order valence-corrected chi connectivity index (χ4v) is 2.88. The van der Waals surface area contributed by atoms with E-state index in [1.165, 1.54) is 0 Å². The molecule has 2 aliphatic rings. The number of piperazine rings is 1. The molecule has 0 aromatic rings. The molecule has 0 saturated carbocycles. The summed E-state index contributed by atoms with van der Waals surface area (Å²) in [4.78, 5) is 29.2. The first kappa shape index (κ1) is 14.3. The minimum absolute atomic E-state index is 0.0171. The fraction of sp³-hybridized carbons (Fsp3) is 0.846. The quantitative estimate of drug-likeness (QED) is 0.752. The zero-order valence-corrected chi connectivity index (χ0v) is 11.5. The molecule has 2 rings (SSSR count). The maximum Gasteiger partial charge on any atom is 0.317 e. The van der Waals surface area contributed by atoms with Crippen LogP contribution in [0, 0.1) is 5.92 Å². The van der Waals surface area contributed by atoms with Crippen LogP contribution in [0.1, 0.15) is 12.8 Å². The van der Waals surface area contributed by atoms with E-state index in [-0.39, 0.29) is 18.4 Å². The van der Waals surface area contributed by atoms with Gasteiger partial charge in [0.2, 0.25) is 5.91 Å². The van der Waals surface area contributed by atoms with E-state index >= 15 is 0 Å². The Morgan fingerprint density at radius 3 is 2.47 bits per heavy atom. The highest BCUT2D eigenvalue weighted by molar-refractivity contribution is 5.79. The molecule has 2 fully saturated rings. The summed E-state index contributed by atoms with van der Waals surface area (Å²) in [7, 11) is 2.07. The van der Waals surface area contributed by atoms with Crippen LogP contribution in [0.3, 0.4) is 0 Å². The highest BCUT2D eigenvalue weighted by Gasteiger charge is 2.30. The van der Waals surface area contributed by atoms with Crippen LogP contribution in [-0.2, 0) is 9.59 Å². The number of likely N-dealkylation sites (tertiary alicyclic amines) is 1. The van der Waals surface area contributed by atoms with Crippen molar-refractivity contribution in [2.45, 2.75) is 12.8 Å². The lowest BCUT2D eigenvalue weighted by Crippen LogP contribution is -2.52. The van der Waals surface area contributed by atoms with E-state index in [0.29, 0.717) is 6.54 Å². The Morgan fingerprint density at radius 2 is 1.84 bits per heavy atom. The van der Waals surface area contributed by atoms with Crippen molar-refractivity contribution in [3.05, 3.63) is 0 Å². The Hall–Kier alpha value is -1.14. The molecule has 1 N–H and O–H groups in total. The standard InChI is InChI=1S/C13H23N3O3/c1-14-5-7-16(8-6-14)13(19)11-3-2-4-15(9-11)10-12(17)18/h11H,2-10H2,1H3,(H,17,18). The highest BCUT2D eigenvalue weighted by atomic mass is 16.4. The number of piperidine rings is 1. The van der Waals surface area contributed by atoms with E-state index < -0.39 is 5.97 Å². The van der Waals surface area contributed by atoms with Crippen LogP contribution in [0.5, 0.6) is 0 Å². The molecular weight excluding hydrogens is 246 g/mol. The number of hydrogen-bond acceptors (Lipinski definition) is 4. The molecule has 1 amide bonds. The second kappa shape index (κ2) is 6.34. The first-order chi connectivity index (χ1) is 9.06. The van der Waals surface area contributed by atoms with Crippen molar-refractivity contribution in [3.63, 3.8) is 0 Å². The van der Waals surface area contributed by atoms with E-state index in [1.807, 2.05) is 9.80 Å². The van der Waals surface area contributed by atoms with Gasteiger partial charge in [0.15, 0.2) is 0 Å².